The first-order valence-corrected chi connectivity index (χ1v) is 9.66. The Morgan fingerprint density at radius 3 is 2.35 bits per heavy atom. The van der Waals surface area contributed by atoms with Gasteiger partial charge in [-0.2, -0.15) is 0 Å². The van der Waals surface area contributed by atoms with Gasteiger partial charge in [-0.15, -0.1) is 0 Å². The summed E-state index contributed by atoms with van der Waals surface area (Å²) >= 11 is 6.05. The molecule has 0 aromatic heterocycles. The molecule has 0 fully saturated rings. The molecule has 2 aromatic carbocycles. The molecule has 0 amide bonds. The number of carboxylic acid groups (broad SMARTS) is 1. The third kappa shape index (κ3) is 4.64. The Morgan fingerprint density at radius 2 is 1.88 bits per heavy atom. The van der Waals surface area contributed by atoms with E-state index in [4.69, 9.17) is 16.3 Å². The van der Waals surface area contributed by atoms with Crippen LogP contribution in [-0.4, -0.2) is 38.9 Å². The minimum Gasteiger partial charge on any atom is -0.495 e. The molecule has 9 heteroatoms. The van der Waals surface area contributed by atoms with Gasteiger partial charge in [-0.1, -0.05) is 17.7 Å². The number of benzene rings is 2. The van der Waals surface area contributed by atoms with Crippen LogP contribution >= 0.6 is 11.6 Å². The van der Waals surface area contributed by atoms with Gasteiger partial charge in [0.1, 0.15) is 17.6 Å². The number of rotatable bonds is 7. The van der Waals surface area contributed by atoms with Crippen molar-refractivity contribution in [1.82, 2.24) is 0 Å². The standard InChI is InChI=1S/C17H17ClFNO5S/c1-25-16-8-3-11(9-14(16)18)10-15(17(21)22)20(26(2,23)24)13-6-4-12(19)5-7-13/h3-9,15H,10H2,1-2H3,(H,21,22)/t15-/m0/s1. The summed E-state index contributed by atoms with van der Waals surface area (Å²) in [4.78, 5) is 11.8. The molecule has 2 aromatic rings. The van der Waals surface area contributed by atoms with Crippen LogP contribution in [0.3, 0.4) is 0 Å². The lowest BCUT2D eigenvalue weighted by Crippen LogP contribution is -2.46. The highest BCUT2D eigenvalue weighted by molar-refractivity contribution is 7.92. The number of carbonyl (C=O) groups is 1. The van der Waals surface area contributed by atoms with Crippen LogP contribution in [0.1, 0.15) is 5.56 Å². The summed E-state index contributed by atoms with van der Waals surface area (Å²) in [6, 6.07) is 7.82. The van der Waals surface area contributed by atoms with Crippen molar-refractivity contribution in [3.05, 3.63) is 58.9 Å². The molecular formula is C17H17ClFNO5S. The van der Waals surface area contributed by atoms with Gasteiger partial charge in [0.2, 0.25) is 10.0 Å². The maximum Gasteiger partial charge on any atom is 0.327 e. The quantitative estimate of drug-likeness (QED) is 0.771. The summed E-state index contributed by atoms with van der Waals surface area (Å²) in [5, 5.41) is 9.90. The van der Waals surface area contributed by atoms with Crippen LogP contribution in [0.2, 0.25) is 5.02 Å². The number of hydrogen-bond donors (Lipinski definition) is 1. The van der Waals surface area contributed by atoms with Crippen LogP contribution in [-0.2, 0) is 21.2 Å². The Hall–Kier alpha value is -2.32. The molecule has 0 spiro atoms. The van der Waals surface area contributed by atoms with E-state index in [9.17, 15) is 22.7 Å². The molecular weight excluding hydrogens is 385 g/mol. The van der Waals surface area contributed by atoms with Crippen molar-refractivity contribution in [1.29, 1.82) is 0 Å². The molecule has 2 rings (SSSR count). The van der Waals surface area contributed by atoms with Crippen LogP contribution in [0.15, 0.2) is 42.5 Å². The fourth-order valence-electron chi connectivity index (χ4n) is 2.52. The fraction of sp³-hybridized carbons (Fsp3) is 0.235. The number of anilines is 1. The topological polar surface area (TPSA) is 83.9 Å². The molecule has 0 bridgehead atoms. The van der Waals surface area contributed by atoms with Crippen molar-refractivity contribution in [2.24, 2.45) is 0 Å². The van der Waals surface area contributed by atoms with Gasteiger partial charge < -0.3 is 9.84 Å². The average molecular weight is 402 g/mol. The van der Waals surface area contributed by atoms with E-state index in [2.05, 4.69) is 0 Å². The first-order valence-electron chi connectivity index (χ1n) is 7.43. The highest BCUT2D eigenvalue weighted by Gasteiger charge is 2.33. The molecule has 1 N–H and O–H groups in total. The molecule has 6 nitrogen and oxygen atoms in total. The number of sulfonamides is 1. The van der Waals surface area contributed by atoms with Gasteiger partial charge in [-0.3, -0.25) is 4.31 Å². The third-order valence-electron chi connectivity index (χ3n) is 3.65. The van der Waals surface area contributed by atoms with Gasteiger partial charge in [0.05, 0.1) is 24.1 Å². The van der Waals surface area contributed by atoms with Crippen molar-refractivity contribution in [2.45, 2.75) is 12.5 Å². The van der Waals surface area contributed by atoms with Gasteiger partial charge in [0.25, 0.3) is 0 Å². The monoisotopic (exact) mass is 401 g/mol. The SMILES string of the molecule is COc1ccc(C[C@@H](C(=O)O)N(c2ccc(F)cc2)S(C)(=O)=O)cc1Cl. The summed E-state index contributed by atoms with van der Waals surface area (Å²) in [6.07, 6.45) is 0.761. The minimum absolute atomic E-state index is 0.0564. The first-order chi connectivity index (χ1) is 12.1. The maximum absolute atomic E-state index is 13.2. The highest BCUT2D eigenvalue weighted by Crippen LogP contribution is 2.28. The zero-order chi connectivity index (χ0) is 19.5. The highest BCUT2D eigenvalue weighted by atomic mass is 35.5. The van der Waals surface area contributed by atoms with Crippen molar-refractivity contribution >= 4 is 33.3 Å². The Kier molecular flexibility index (Phi) is 6.09. The van der Waals surface area contributed by atoms with E-state index in [1.807, 2.05) is 0 Å². The summed E-state index contributed by atoms with van der Waals surface area (Å²) in [5.41, 5.74) is 0.569. The lowest BCUT2D eigenvalue weighted by atomic mass is 10.1. The Labute approximate surface area is 155 Å². The first kappa shape index (κ1) is 20.0. The van der Waals surface area contributed by atoms with Crippen molar-refractivity contribution < 1.29 is 27.4 Å². The van der Waals surface area contributed by atoms with Crippen LogP contribution in [0.25, 0.3) is 0 Å². The molecule has 0 aliphatic rings. The number of nitrogens with zero attached hydrogens (tertiary/aromatic N) is 1. The fourth-order valence-corrected chi connectivity index (χ4v) is 3.93. The van der Waals surface area contributed by atoms with Crippen molar-refractivity contribution in [3.8, 4) is 5.75 Å². The van der Waals surface area contributed by atoms with Crippen LogP contribution in [0.4, 0.5) is 10.1 Å². The number of methoxy groups -OCH3 is 1. The van der Waals surface area contributed by atoms with E-state index in [1.165, 1.54) is 25.3 Å². The van der Waals surface area contributed by atoms with Crippen LogP contribution in [0.5, 0.6) is 5.75 Å². The molecule has 0 unspecified atom stereocenters. The normalized spacial score (nSPS) is 12.5. The minimum atomic E-state index is -3.95. The molecule has 0 saturated carbocycles. The molecule has 0 heterocycles. The number of halogens is 2. The molecule has 0 saturated heterocycles. The van der Waals surface area contributed by atoms with E-state index in [1.54, 1.807) is 12.1 Å². The largest absolute Gasteiger partial charge is 0.495 e. The second-order valence-corrected chi connectivity index (χ2v) is 7.83. The van der Waals surface area contributed by atoms with Gasteiger partial charge in [-0.25, -0.2) is 17.6 Å². The number of hydrogen-bond acceptors (Lipinski definition) is 4. The van der Waals surface area contributed by atoms with Gasteiger partial charge >= 0.3 is 5.97 Å². The Morgan fingerprint density at radius 1 is 1.27 bits per heavy atom. The molecule has 1 atom stereocenters. The summed E-state index contributed by atoms with van der Waals surface area (Å²) in [5.74, 6) is -1.48. The van der Waals surface area contributed by atoms with E-state index in [0.29, 0.717) is 11.3 Å². The van der Waals surface area contributed by atoms with E-state index < -0.39 is 27.9 Å². The van der Waals surface area contributed by atoms with Gasteiger partial charge in [-0.05, 0) is 42.0 Å². The van der Waals surface area contributed by atoms with Crippen LogP contribution < -0.4 is 9.04 Å². The third-order valence-corrected chi connectivity index (χ3v) is 5.13. The number of ether oxygens (including phenoxy) is 1. The molecule has 26 heavy (non-hydrogen) atoms. The van der Waals surface area contributed by atoms with Gasteiger partial charge in [0, 0.05) is 6.42 Å². The molecule has 0 aliphatic heterocycles. The smallest absolute Gasteiger partial charge is 0.327 e. The predicted octanol–water partition coefficient (Wildman–Crippen LogP) is 2.95. The lowest BCUT2D eigenvalue weighted by Gasteiger charge is -2.29. The Bertz CT molecular complexity index is 902. The second kappa shape index (κ2) is 7.92. The average Bonchev–Trinajstić information content (AvgIpc) is 2.55. The van der Waals surface area contributed by atoms with E-state index >= 15 is 0 Å². The van der Waals surface area contributed by atoms with Crippen molar-refractivity contribution in [2.75, 3.05) is 17.7 Å². The lowest BCUT2D eigenvalue weighted by molar-refractivity contribution is -0.138. The van der Waals surface area contributed by atoms with Crippen LogP contribution in [0, 0.1) is 5.82 Å². The second-order valence-electron chi connectivity index (χ2n) is 5.56. The summed E-state index contributed by atoms with van der Waals surface area (Å²) in [6.45, 7) is 0. The van der Waals surface area contributed by atoms with E-state index in [-0.39, 0.29) is 17.1 Å². The van der Waals surface area contributed by atoms with Gasteiger partial charge in [0.15, 0.2) is 0 Å². The number of aliphatic carboxylic acids is 1. The zero-order valence-corrected chi connectivity index (χ0v) is 15.6. The molecule has 140 valence electrons. The molecule has 0 radical (unpaired) electrons. The maximum atomic E-state index is 13.2. The summed E-state index contributed by atoms with van der Waals surface area (Å²) in [7, 11) is -2.50. The Balaban J connectivity index is 2.46. The number of carboxylic acids is 1. The van der Waals surface area contributed by atoms with E-state index in [0.717, 1.165) is 22.7 Å². The van der Waals surface area contributed by atoms with Crippen molar-refractivity contribution in [3.63, 3.8) is 0 Å². The predicted molar refractivity (Wildman–Crippen MR) is 96.9 cm³/mol. The zero-order valence-electron chi connectivity index (χ0n) is 14.0. The summed E-state index contributed by atoms with van der Waals surface area (Å²) < 4.78 is 43.4. The molecule has 0 aliphatic carbocycles.